The van der Waals surface area contributed by atoms with E-state index in [1.807, 2.05) is 0 Å². The van der Waals surface area contributed by atoms with Crippen molar-refractivity contribution >= 4 is 14.2 Å². The molecule has 2 saturated carbocycles. The molecule has 2 fully saturated rings. The van der Waals surface area contributed by atoms with Gasteiger partial charge in [-0.05, 0) is 55.2 Å². The predicted molar refractivity (Wildman–Crippen MR) is 61.8 cm³/mol. The lowest BCUT2D eigenvalue weighted by Gasteiger charge is -2.23. The Labute approximate surface area is 84.3 Å². The molecule has 3 atom stereocenters. The quantitative estimate of drug-likeness (QED) is 0.600. The van der Waals surface area contributed by atoms with Gasteiger partial charge in [0.1, 0.15) is 0 Å². The first kappa shape index (κ1) is 9.71. The molecule has 0 aromatic heterocycles. The molecule has 2 aliphatic rings. The van der Waals surface area contributed by atoms with Crippen molar-refractivity contribution in [2.24, 2.45) is 17.8 Å². The summed E-state index contributed by atoms with van der Waals surface area (Å²) >= 11 is 0. The van der Waals surface area contributed by atoms with E-state index < -0.39 is 0 Å². The van der Waals surface area contributed by atoms with Gasteiger partial charge in [-0.3, -0.25) is 0 Å². The SMILES string of the molecule is CCCC1CC1C1CCCC(=P)C1. The smallest absolute Gasteiger partial charge is 0.0248 e. The third-order valence-corrected chi connectivity index (χ3v) is 4.26. The number of hydrogen-bond acceptors (Lipinski definition) is 0. The molecule has 74 valence electrons. The Morgan fingerprint density at radius 2 is 2.31 bits per heavy atom. The van der Waals surface area contributed by atoms with Gasteiger partial charge in [-0.25, -0.2) is 0 Å². The minimum atomic E-state index is 1.04. The van der Waals surface area contributed by atoms with Crippen LogP contribution in [0, 0.1) is 17.8 Å². The van der Waals surface area contributed by atoms with Gasteiger partial charge in [0.05, 0.1) is 0 Å². The molecule has 0 spiro atoms. The van der Waals surface area contributed by atoms with Gasteiger partial charge in [0.2, 0.25) is 0 Å². The van der Waals surface area contributed by atoms with E-state index in [1.54, 1.807) is 5.29 Å². The third kappa shape index (κ3) is 2.34. The summed E-state index contributed by atoms with van der Waals surface area (Å²) in [5.74, 6) is 3.25. The van der Waals surface area contributed by atoms with Crippen molar-refractivity contribution < 1.29 is 0 Å². The van der Waals surface area contributed by atoms with Crippen LogP contribution in [0.5, 0.6) is 0 Å². The van der Waals surface area contributed by atoms with E-state index in [1.165, 1.54) is 44.9 Å². The first-order valence-corrected chi connectivity index (χ1v) is 6.37. The van der Waals surface area contributed by atoms with Gasteiger partial charge in [0.25, 0.3) is 0 Å². The molecule has 2 aliphatic carbocycles. The molecule has 2 rings (SSSR count). The molecular formula is C12H21P. The predicted octanol–water partition coefficient (Wildman–Crippen LogP) is 3.93. The average molecular weight is 196 g/mol. The van der Waals surface area contributed by atoms with Crippen LogP contribution >= 0.6 is 8.86 Å². The molecule has 0 aromatic rings. The molecule has 1 heteroatoms. The first-order chi connectivity index (χ1) is 6.31. The average Bonchev–Trinajstić information content (AvgIpc) is 2.85. The lowest BCUT2D eigenvalue weighted by atomic mass is 9.84. The molecule has 0 saturated heterocycles. The first-order valence-electron chi connectivity index (χ1n) is 5.87. The van der Waals surface area contributed by atoms with E-state index in [4.69, 9.17) is 0 Å². The molecule has 3 unspecified atom stereocenters. The highest BCUT2D eigenvalue weighted by Gasteiger charge is 2.42. The van der Waals surface area contributed by atoms with E-state index in [2.05, 4.69) is 15.8 Å². The van der Waals surface area contributed by atoms with Crippen molar-refractivity contribution in [3.05, 3.63) is 0 Å². The minimum Gasteiger partial charge on any atom is -0.123 e. The zero-order valence-corrected chi connectivity index (χ0v) is 9.68. The molecular weight excluding hydrogens is 175 g/mol. The van der Waals surface area contributed by atoms with Crippen LogP contribution in [0.15, 0.2) is 0 Å². The van der Waals surface area contributed by atoms with Crippen LogP contribution in [0.3, 0.4) is 0 Å². The Kier molecular flexibility index (Phi) is 3.09. The van der Waals surface area contributed by atoms with Crippen LogP contribution in [-0.2, 0) is 0 Å². The monoisotopic (exact) mass is 196 g/mol. The van der Waals surface area contributed by atoms with Crippen LogP contribution in [0.2, 0.25) is 0 Å². The van der Waals surface area contributed by atoms with Gasteiger partial charge >= 0.3 is 0 Å². The maximum absolute atomic E-state index is 3.75. The van der Waals surface area contributed by atoms with Gasteiger partial charge in [0.15, 0.2) is 0 Å². The molecule has 13 heavy (non-hydrogen) atoms. The van der Waals surface area contributed by atoms with Crippen LogP contribution in [0.4, 0.5) is 0 Å². The highest BCUT2D eigenvalue weighted by atomic mass is 31.0. The normalized spacial score (nSPS) is 39.2. The molecule has 0 N–H and O–H groups in total. The van der Waals surface area contributed by atoms with Crippen molar-refractivity contribution in [1.82, 2.24) is 0 Å². The second kappa shape index (κ2) is 4.13. The molecule has 0 heterocycles. The summed E-state index contributed by atoms with van der Waals surface area (Å²) in [5.41, 5.74) is 0. The van der Waals surface area contributed by atoms with Gasteiger partial charge in [-0.2, -0.15) is 0 Å². The highest BCUT2D eigenvalue weighted by Crippen LogP contribution is 2.51. The van der Waals surface area contributed by atoms with Crippen LogP contribution in [0.25, 0.3) is 0 Å². The Hall–Kier alpha value is 0.170. The van der Waals surface area contributed by atoms with Gasteiger partial charge in [0, 0.05) is 0 Å². The van der Waals surface area contributed by atoms with Crippen molar-refractivity contribution in [3.63, 3.8) is 0 Å². The van der Waals surface area contributed by atoms with E-state index in [-0.39, 0.29) is 0 Å². The van der Waals surface area contributed by atoms with Gasteiger partial charge in [-0.15, -0.1) is 8.86 Å². The van der Waals surface area contributed by atoms with Gasteiger partial charge < -0.3 is 0 Å². The van der Waals surface area contributed by atoms with Crippen LogP contribution in [0.1, 0.15) is 51.9 Å². The Balaban J connectivity index is 1.79. The summed E-state index contributed by atoms with van der Waals surface area (Å²) in [4.78, 5) is 0. The van der Waals surface area contributed by atoms with Crippen molar-refractivity contribution in [2.45, 2.75) is 51.9 Å². The zero-order chi connectivity index (χ0) is 9.26. The van der Waals surface area contributed by atoms with Crippen molar-refractivity contribution in [3.8, 4) is 0 Å². The van der Waals surface area contributed by atoms with E-state index >= 15 is 0 Å². The standard InChI is InChI=1S/C12H21P/c1-2-4-9-8-12(9)10-5-3-6-11(13)7-10/h9-10,12-13H,2-8H2,1H3. The lowest BCUT2D eigenvalue weighted by molar-refractivity contribution is 0.386. The molecule has 0 nitrogen and oxygen atoms in total. The Morgan fingerprint density at radius 1 is 1.46 bits per heavy atom. The molecule has 0 aromatic carbocycles. The van der Waals surface area contributed by atoms with Crippen molar-refractivity contribution in [1.29, 1.82) is 0 Å². The Morgan fingerprint density at radius 3 is 3.00 bits per heavy atom. The maximum atomic E-state index is 3.75. The summed E-state index contributed by atoms with van der Waals surface area (Å²) in [6.07, 6.45) is 10.0. The fourth-order valence-electron chi connectivity index (χ4n) is 3.01. The second-order valence-electron chi connectivity index (χ2n) is 4.91. The number of hydrogen-bond donors (Lipinski definition) is 0. The zero-order valence-electron chi connectivity index (χ0n) is 8.68. The molecule has 0 bridgehead atoms. The van der Waals surface area contributed by atoms with E-state index in [0.29, 0.717) is 0 Å². The number of rotatable bonds is 3. The molecule has 0 aliphatic heterocycles. The summed E-state index contributed by atoms with van der Waals surface area (Å²) in [6, 6.07) is 0. The topological polar surface area (TPSA) is 0 Å². The summed E-state index contributed by atoms with van der Waals surface area (Å²) in [7, 11) is 3.75. The summed E-state index contributed by atoms with van der Waals surface area (Å²) in [6.45, 7) is 2.32. The third-order valence-electron chi connectivity index (χ3n) is 3.80. The second-order valence-corrected chi connectivity index (χ2v) is 5.62. The highest BCUT2D eigenvalue weighted by molar-refractivity contribution is 7.21. The van der Waals surface area contributed by atoms with E-state index in [0.717, 1.165) is 17.8 Å². The largest absolute Gasteiger partial charge is 0.123 e. The fourth-order valence-corrected chi connectivity index (χ4v) is 3.45. The van der Waals surface area contributed by atoms with E-state index in [9.17, 15) is 0 Å². The van der Waals surface area contributed by atoms with Crippen LogP contribution < -0.4 is 0 Å². The lowest BCUT2D eigenvalue weighted by Crippen LogP contribution is -2.15. The van der Waals surface area contributed by atoms with Crippen LogP contribution in [-0.4, -0.2) is 5.29 Å². The molecule has 0 radical (unpaired) electrons. The summed E-state index contributed by atoms with van der Waals surface area (Å²) < 4.78 is 0. The minimum absolute atomic E-state index is 1.04. The fraction of sp³-hybridized carbons (Fsp3) is 0.917. The maximum Gasteiger partial charge on any atom is -0.0248 e. The Bertz CT molecular complexity index is 197. The van der Waals surface area contributed by atoms with Crippen molar-refractivity contribution in [2.75, 3.05) is 0 Å². The van der Waals surface area contributed by atoms with Gasteiger partial charge in [-0.1, -0.05) is 19.8 Å². The molecule has 0 amide bonds. The summed E-state index contributed by atoms with van der Waals surface area (Å²) in [5, 5.41) is 1.58.